The van der Waals surface area contributed by atoms with Crippen molar-refractivity contribution in [3.8, 4) is 5.75 Å². The Balaban J connectivity index is 2.25. The van der Waals surface area contributed by atoms with Gasteiger partial charge in [-0.15, -0.1) is 0 Å². The van der Waals surface area contributed by atoms with E-state index in [4.69, 9.17) is 25.8 Å². The van der Waals surface area contributed by atoms with E-state index >= 15 is 0 Å². The molecular weight excluding hydrogens is 482 g/mol. The average molecular weight is 516 g/mol. The first kappa shape index (κ1) is 28.7. The van der Waals surface area contributed by atoms with E-state index in [0.29, 0.717) is 22.9 Å². The second kappa shape index (κ2) is 12.4. The lowest BCUT2D eigenvalue weighted by Gasteiger charge is -2.22. The van der Waals surface area contributed by atoms with E-state index in [-0.39, 0.29) is 12.5 Å². The third kappa shape index (κ3) is 10.4. The van der Waals surface area contributed by atoms with Gasteiger partial charge in [0.1, 0.15) is 23.6 Å². The average Bonchev–Trinajstić information content (AvgIpc) is 2.74. The molecule has 194 valence electrons. The molecule has 9 heteroatoms. The van der Waals surface area contributed by atoms with Crippen LogP contribution in [0.4, 0.5) is 9.59 Å². The smallest absolute Gasteiger partial charge is 0.414 e. The summed E-state index contributed by atoms with van der Waals surface area (Å²) >= 11 is 6.20. The predicted molar refractivity (Wildman–Crippen MR) is 142 cm³/mol. The van der Waals surface area contributed by atoms with Crippen LogP contribution in [0.3, 0.4) is 0 Å². The molecule has 0 heterocycles. The molecule has 0 saturated carbocycles. The molecule has 0 saturated heterocycles. The molecule has 0 fully saturated rings. The fourth-order valence-electron chi connectivity index (χ4n) is 2.89. The molecular formula is C27H34ClN3O5. The Labute approximate surface area is 217 Å². The molecule has 0 radical (unpaired) electrons. The Morgan fingerprint density at radius 3 is 2.08 bits per heavy atom. The van der Waals surface area contributed by atoms with Crippen molar-refractivity contribution in [2.45, 2.75) is 65.9 Å². The van der Waals surface area contributed by atoms with Crippen molar-refractivity contribution in [2.24, 2.45) is 4.99 Å². The quantitative estimate of drug-likeness (QED) is 0.339. The van der Waals surface area contributed by atoms with Crippen LogP contribution < -0.4 is 15.4 Å². The van der Waals surface area contributed by atoms with E-state index in [1.54, 1.807) is 65.8 Å². The minimum absolute atomic E-state index is 0.0660. The van der Waals surface area contributed by atoms with E-state index in [1.807, 2.05) is 24.3 Å². The van der Waals surface area contributed by atoms with Crippen LogP contribution in [-0.2, 0) is 22.6 Å². The van der Waals surface area contributed by atoms with Crippen LogP contribution in [0.1, 0.15) is 58.2 Å². The van der Waals surface area contributed by atoms with Crippen LogP contribution in [0.15, 0.2) is 54.0 Å². The summed E-state index contributed by atoms with van der Waals surface area (Å²) in [7, 11) is 0. The maximum Gasteiger partial charge on any atom is 0.414 e. The summed E-state index contributed by atoms with van der Waals surface area (Å²) in [4.78, 5) is 29.0. The third-order valence-corrected chi connectivity index (χ3v) is 4.57. The molecule has 2 rings (SSSR count). The van der Waals surface area contributed by atoms with Gasteiger partial charge < -0.3 is 14.2 Å². The highest BCUT2D eigenvalue weighted by Gasteiger charge is 2.21. The first-order valence-electron chi connectivity index (χ1n) is 11.4. The zero-order valence-corrected chi connectivity index (χ0v) is 22.4. The summed E-state index contributed by atoms with van der Waals surface area (Å²) in [5.41, 5.74) is 1.13. The molecule has 0 unspecified atom stereocenters. The Bertz CT molecular complexity index is 1090. The Morgan fingerprint density at radius 2 is 1.53 bits per heavy atom. The van der Waals surface area contributed by atoms with Crippen LogP contribution in [0, 0.1) is 0 Å². The number of hydrogen-bond acceptors (Lipinski definition) is 6. The highest BCUT2D eigenvalue weighted by molar-refractivity contribution is 6.30. The van der Waals surface area contributed by atoms with Gasteiger partial charge in [0.25, 0.3) is 0 Å². The van der Waals surface area contributed by atoms with Gasteiger partial charge in [-0.1, -0.05) is 54.6 Å². The lowest BCUT2D eigenvalue weighted by Crippen LogP contribution is -2.47. The summed E-state index contributed by atoms with van der Waals surface area (Å²) in [6.45, 7) is 14.6. The first-order chi connectivity index (χ1) is 16.8. The molecule has 8 nitrogen and oxygen atoms in total. The van der Waals surface area contributed by atoms with Crippen LogP contribution >= 0.6 is 11.6 Å². The summed E-state index contributed by atoms with van der Waals surface area (Å²) in [6.07, 6.45) is 0.218. The van der Waals surface area contributed by atoms with Gasteiger partial charge in [-0.25, -0.2) is 14.6 Å². The summed E-state index contributed by atoms with van der Waals surface area (Å²) in [6, 6.07) is 12.9. The number of guanidine groups is 1. The van der Waals surface area contributed by atoms with E-state index < -0.39 is 23.4 Å². The molecule has 0 aliphatic rings. The second-order valence-electron chi connectivity index (χ2n) is 9.86. The molecule has 36 heavy (non-hydrogen) atoms. The van der Waals surface area contributed by atoms with Crippen molar-refractivity contribution in [2.75, 3.05) is 0 Å². The van der Waals surface area contributed by atoms with Crippen LogP contribution in [0.2, 0.25) is 5.02 Å². The first-order valence-corrected chi connectivity index (χ1v) is 11.8. The SMILES string of the molecule is C=Cc1ccccc1COc1cc(Cl)ccc1CN=C(NC(=O)OC(C)(C)C)NC(=O)OC(C)(C)C. The third-order valence-electron chi connectivity index (χ3n) is 4.33. The Kier molecular flexibility index (Phi) is 9.93. The number of carbonyl (C=O) groups excluding carboxylic acids is 2. The summed E-state index contributed by atoms with van der Waals surface area (Å²) in [5.74, 6) is 0.385. The lowest BCUT2D eigenvalue weighted by molar-refractivity contribution is 0.0545. The van der Waals surface area contributed by atoms with Gasteiger partial charge in [-0.3, -0.25) is 10.6 Å². The number of nitrogens with one attached hydrogen (secondary N) is 2. The van der Waals surface area contributed by atoms with Crippen LogP contribution in [-0.4, -0.2) is 29.3 Å². The molecule has 2 aromatic rings. The van der Waals surface area contributed by atoms with Crippen LogP contribution in [0.25, 0.3) is 6.08 Å². The van der Waals surface area contributed by atoms with Crippen molar-refractivity contribution in [3.05, 3.63) is 70.8 Å². The number of carbonyl (C=O) groups is 2. The van der Waals surface area contributed by atoms with E-state index in [0.717, 1.165) is 11.1 Å². The van der Waals surface area contributed by atoms with Crippen molar-refractivity contribution in [1.29, 1.82) is 0 Å². The van der Waals surface area contributed by atoms with Gasteiger partial charge in [0.2, 0.25) is 5.96 Å². The highest BCUT2D eigenvalue weighted by Crippen LogP contribution is 2.26. The monoisotopic (exact) mass is 515 g/mol. The molecule has 0 atom stereocenters. The fraction of sp³-hybridized carbons (Fsp3) is 0.370. The van der Waals surface area contributed by atoms with Crippen LogP contribution in [0.5, 0.6) is 5.75 Å². The number of ether oxygens (including phenoxy) is 3. The van der Waals surface area contributed by atoms with Gasteiger partial charge in [0.15, 0.2) is 0 Å². The Hall–Kier alpha value is -3.52. The highest BCUT2D eigenvalue weighted by atomic mass is 35.5. The van der Waals surface area contributed by atoms with Gasteiger partial charge >= 0.3 is 12.2 Å². The second-order valence-corrected chi connectivity index (χ2v) is 10.3. The van der Waals surface area contributed by atoms with E-state index in [2.05, 4.69) is 22.2 Å². The lowest BCUT2D eigenvalue weighted by atomic mass is 10.1. The fourth-order valence-corrected chi connectivity index (χ4v) is 3.05. The maximum atomic E-state index is 12.3. The molecule has 0 spiro atoms. The standard InChI is InChI=1S/C27H34ClN3O5/c1-8-18-11-9-10-12-20(18)17-34-22-15-21(28)14-13-19(22)16-29-23(30-24(32)35-26(2,3)4)31-25(33)36-27(5,6)7/h8-15H,1,16-17H2,2-7H3,(H2,29,30,31,32,33). The summed E-state index contributed by atoms with van der Waals surface area (Å²) in [5, 5.41) is 5.42. The molecule has 0 bridgehead atoms. The molecule has 2 aromatic carbocycles. The van der Waals surface area contributed by atoms with E-state index in [9.17, 15) is 9.59 Å². The van der Waals surface area contributed by atoms with Crippen molar-refractivity contribution >= 4 is 35.8 Å². The minimum atomic E-state index is -0.772. The largest absolute Gasteiger partial charge is 0.488 e. The van der Waals surface area contributed by atoms with E-state index in [1.165, 1.54) is 0 Å². The van der Waals surface area contributed by atoms with Gasteiger partial charge in [0.05, 0.1) is 6.54 Å². The molecule has 2 amide bonds. The molecule has 0 aliphatic heterocycles. The van der Waals surface area contributed by atoms with Crippen molar-refractivity contribution in [3.63, 3.8) is 0 Å². The topological polar surface area (TPSA) is 98.3 Å². The number of halogens is 1. The van der Waals surface area contributed by atoms with Gasteiger partial charge in [0, 0.05) is 10.6 Å². The van der Waals surface area contributed by atoms with Gasteiger partial charge in [-0.2, -0.15) is 0 Å². The number of alkyl carbamates (subject to hydrolysis) is 2. The number of benzene rings is 2. The number of amides is 2. The predicted octanol–water partition coefficient (Wildman–Crippen LogP) is 6.47. The minimum Gasteiger partial charge on any atom is -0.488 e. The molecule has 0 aliphatic carbocycles. The van der Waals surface area contributed by atoms with Gasteiger partial charge in [-0.05, 0) is 64.8 Å². The number of nitrogens with zero attached hydrogens (tertiary/aromatic N) is 1. The number of rotatable bonds is 6. The maximum absolute atomic E-state index is 12.3. The van der Waals surface area contributed by atoms with Crippen molar-refractivity contribution < 1.29 is 23.8 Å². The zero-order chi connectivity index (χ0) is 26.9. The number of aliphatic imine (C=N–C) groups is 1. The van der Waals surface area contributed by atoms with Crippen molar-refractivity contribution in [1.82, 2.24) is 10.6 Å². The number of hydrogen-bond donors (Lipinski definition) is 2. The normalized spacial score (nSPS) is 11.2. The summed E-state index contributed by atoms with van der Waals surface area (Å²) < 4.78 is 16.6. The zero-order valence-electron chi connectivity index (χ0n) is 21.6. The molecule has 0 aromatic heterocycles. The molecule has 2 N–H and O–H groups in total. The Morgan fingerprint density at radius 1 is 0.944 bits per heavy atom.